The zero-order valence-electron chi connectivity index (χ0n) is 13.9. The van der Waals surface area contributed by atoms with E-state index in [1.54, 1.807) is 29.0 Å². The molecule has 7 nitrogen and oxygen atoms in total. The molecule has 0 spiro atoms. The molecule has 0 aliphatic rings. The summed E-state index contributed by atoms with van der Waals surface area (Å²) in [6.07, 6.45) is 0. The number of aryl methyl sites for hydroxylation is 1. The smallest absolute Gasteiger partial charge is 0.335 e. The minimum atomic E-state index is -4.25. The number of sulfonamides is 1. The van der Waals surface area contributed by atoms with Gasteiger partial charge in [-0.15, -0.1) is 22.7 Å². The maximum absolute atomic E-state index is 12.5. The number of nitrogens with one attached hydrogen (secondary N) is 1. The molecule has 2 heterocycles. The number of carbonyl (C=O) groups excluding carboxylic acids is 1. The number of carbonyl (C=O) groups is 2. The van der Waals surface area contributed by atoms with Gasteiger partial charge in [0.15, 0.2) is 0 Å². The Morgan fingerprint density at radius 2 is 1.93 bits per heavy atom. The largest absolute Gasteiger partial charge is 0.478 e. The number of nitrogens with two attached hydrogens (primary N) is 1. The number of primary sulfonamides is 1. The Labute approximate surface area is 163 Å². The van der Waals surface area contributed by atoms with E-state index in [1.165, 1.54) is 28.7 Å². The summed E-state index contributed by atoms with van der Waals surface area (Å²) in [6, 6.07) is 7.28. The summed E-state index contributed by atoms with van der Waals surface area (Å²) in [5.41, 5.74) is 0.461. The average molecular weight is 423 g/mol. The van der Waals surface area contributed by atoms with Crippen molar-refractivity contribution < 1.29 is 23.1 Å². The van der Waals surface area contributed by atoms with E-state index in [0.717, 1.165) is 10.9 Å². The van der Waals surface area contributed by atoms with Crippen LogP contribution < -0.4 is 10.5 Å². The third kappa shape index (κ3) is 4.08. The summed E-state index contributed by atoms with van der Waals surface area (Å²) in [6.45, 7) is 1.85. The number of benzene rings is 1. The topological polar surface area (TPSA) is 127 Å². The summed E-state index contributed by atoms with van der Waals surface area (Å²) in [7, 11) is -4.25. The maximum atomic E-state index is 12.5. The van der Waals surface area contributed by atoms with Crippen molar-refractivity contribution in [3.05, 3.63) is 56.4 Å². The number of carboxylic acid groups (broad SMARTS) is 1. The van der Waals surface area contributed by atoms with Crippen LogP contribution in [0.1, 0.15) is 24.9 Å². The second-order valence-electron chi connectivity index (χ2n) is 5.62. The van der Waals surface area contributed by atoms with Gasteiger partial charge in [-0.1, -0.05) is 6.07 Å². The fraction of sp³-hybridized carbons (Fsp3) is 0.0588. The highest BCUT2D eigenvalue weighted by molar-refractivity contribution is 7.89. The number of amides is 1. The van der Waals surface area contributed by atoms with Gasteiger partial charge in [-0.25, -0.2) is 18.4 Å². The predicted octanol–water partition coefficient (Wildman–Crippen LogP) is 3.38. The van der Waals surface area contributed by atoms with Crippen molar-refractivity contribution in [3.63, 3.8) is 0 Å². The van der Waals surface area contributed by atoms with E-state index >= 15 is 0 Å². The molecule has 3 rings (SSSR count). The molecule has 0 atom stereocenters. The minimum absolute atomic E-state index is 0.0649. The second-order valence-corrected chi connectivity index (χ2v) is 9.22. The third-order valence-corrected chi connectivity index (χ3v) is 6.33. The molecule has 0 aliphatic carbocycles. The third-order valence-electron chi connectivity index (χ3n) is 3.67. The highest BCUT2D eigenvalue weighted by Gasteiger charge is 2.24. The predicted molar refractivity (Wildman–Crippen MR) is 105 cm³/mol. The first kappa shape index (κ1) is 19.2. The Morgan fingerprint density at radius 1 is 1.19 bits per heavy atom. The lowest BCUT2D eigenvalue weighted by molar-refractivity contribution is 0.0696. The van der Waals surface area contributed by atoms with E-state index < -0.39 is 21.9 Å². The number of hydrogen-bond donors (Lipinski definition) is 3. The maximum Gasteiger partial charge on any atom is 0.335 e. The van der Waals surface area contributed by atoms with Gasteiger partial charge in [0.25, 0.3) is 5.91 Å². The van der Waals surface area contributed by atoms with Crippen LogP contribution in [-0.4, -0.2) is 25.4 Å². The van der Waals surface area contributed by atoms with Crippen LogP contribution in [0, 0.1) is 6.92 Å². The van der Waals surface area contributed by atoms with Gasteiger partial charge >= 0.3 is 5.97 Å². The lowest BCUT2D eigenvalue weighted by Crippen LogP contribution is -2.18. The first-order valence-electron chi connectivity index (χ1n) is 7.51. The van der Waals surface area contributed by atoms with Gasteiger partial charge in [-0.05, 0) is 47.5 Å². The van der Waals surface area contributed by atoms with E-state index in [9.17, 15) is 23.1 Å². The molecule has 0 bridgehead atoms. The molecule has 2 aromatic heterocycles. The van der Waals surface area contributed by atoms with Crippen LogP contribution in [0.5, 0.6) is 0 Å². The summed E-state index contributed by atoms with van der Waals surface area (Å²) in [5.74, 6) is -1.80. The van der Waals surface area contributed by atoms with E-state index in [-0.39, 0.29) is 21.7 Å². The summed E-state index contributed by atoms with van der Waals surface area (Å²) < 4.78 is 24.3. The van der Waals surface area contributed by atoms with Crippen molar-refractivity contribution in [2.45, 2.75) is 11.8 Å². The first-order chi connectivity index (χ1) is 12.7. The highest BCUT2D eigenvalue weighted by Crippen LogP contribution is 2.38. The van der Waals surface area contributed by atoms with Crippen LogP contribution in [0.4, 0.5) is 5.69 Å². The van der Waals surface area contributed by atoms with Crippen molar-refractivity contribution in [3.8, 4) is 11.1 Å². The molecular formula is C17H14N2O5S3. The molecular weight excluding hydrogens is 408 g/mol. The molecule has 4 N–H and O–H groups in total. The molecule has 0 unspecified atom stereocenters. The van der Waals surface area contributed by atoms with Crippen LogP contribution in [0.25, 0.3) is 11.1 Å². The van der Waals surface area contributed by atoms with Gasteiger partial charge in [-0.2, -0.15) is 0 Å². The van der Waals surface area contributed by atoms with Crippen LogP contribution in [0.15, 0.2) is 46.0 Å². The molecule has 1 aromatic carbocycles. The number of aromatic carboxylic acids is 1. The van der Waals surface area contributed by atoms with Gasteiger partial charge in [0.1, 0.15) is 0 Å². The summed E-state index contributed by atoms with van der Waals surface area (Å²) in [4.78, 5) is 24.9. The molecule has 27 heavy (non-hydrogen) atoms. The van der Waals surface area contributed by atoms with Crippen molar-refractivity contribution in [1.82, 2.24) is 0 Å². The number of rotatable bonds is 5. The Bertz CT molecular complexity index is 1130. The second kappa shape index (κ2) is 7.24. The molecule has 0 saturated carbocycles. The van der Waals surface area contributed by atoms with E-state index in [0.29, 0.717) is 10.4 Å². The number of hydrogen-bond acceptors (Lipinski definition) is 6. The molecule has 10 heteroatoms. The molecule has 0 saturated heterocycles. The van der Waals surface area contributed by atoms with Crippen LogP contribution >= 0.6 is 22.7 Å². The van der Waals surface area contributed by atoms with Crippen molar-refractivity contribution in [1.29, 1.82) is 0 Å². The molecule has 1 amide bonds. The van der Waals surface area contributed by atoms with Gasteiger partial charge in [0.05, 0.1) is 21.0 Å². The Hall–Kier alpha value is -2.53. The highest BCUT2D eigenvalue weighted by atomic mass is 32.2. The van der Waals surface area contributed by atoms with E-state index in [2.05, 4.69) is 5.32 Å². The molecule has 0 radical (unpaired) electrons. The number of anilines is 1. The zero-order valence-corrected chi connectivity index (χ0v) is 16.4. The fourth-order valence-electron chi connectivity index (χ4n) is 2.53. The van der Waals surface area contributed by atoms with E-state index in [4.69, 9.17) is 5.14 Å². The normalized spacial score (nSPS) is 11.3. The number of thiophene rings is 2. The molecule has 140 valence electrons. The Kier molecular flexibility index (Phi) is 5.16. The summed E-state index contributed by atoms with van der Waals surface area (Å²) >= 11 is 2.60. The Balaban J connectivity index is 2.26. The molecule has 0 fully saturated rings. The van der Waals surface area contributed by atoms with Crippen LogP contribution in [0.3, 0.4) is 0 Å². The van der Waals surface area contributed by atoms with Gasteiger partial charge in [-0.3, -0.25) is 4.79 Å². The lowest BCUT2D eigenvalue weighted by atomic mass is 10.0. The van der Waals surface area contributed by atoms with Crippen molar-refractivity contribution in [2.75, 3.05) is 5.32 Å². The van der Waals surface area contributed by atoms with Gasteiger partial charge < -0.3 is 10.4 Å². The van der Waals surface area contributed by atoms with Crippen molar-refractivity contribution >= 4 is 50.3 Å². The number of carboxylic acids is 1. The van der Waals surface area contributed by atoms with Crippen LogP contribution in [-0.2, 0) is 10.0 Å². The Morgan fingerprint density at radius 3 is 2.44 bits per heavy atom. The molecule has 3 aromatic rings. The van der Waals surface area contributed by atoms with Crippen molar-refractivity contribution in [2.24, 2.45) is 5.14 Å². The lowest BCUT2D eigenvalue weighted by Gasteiger charge is -2.15. The van der Waals surface area contributed by atoms with Gasteiger partial charge in [0, 0.05) is 10.4 Å². The fourth-order valence-corrected chi connectivity index (χ4v) is 4.64. The average Bonchev–Trinajstić information content (AvgIpc) is 3.24. The van der Waals surface area contributed by atoms with Crippen LogP contribution in [0.2, 0.25) is 0 Å². The first-order valence-corrected chi connectivity index (χ1v) is 10.8. The zero-order chi connectivity index (χ0) is 19.8. The minimum Gasteiger partial charge on any atom is -0.478 e. The quantitative estimate of drug-likeness (QED) is 0.581. The molecule has 0 aliphatic heterocycles. The summed E-state index contributed by atoms with van der Waals surface area (Å²) in [5, 5.41) is 20.7. The standard InChI is InChI=1S/C17H14N2O5S3/c1-9-5-11(8-26-9)15-12(19-16(20)13-3-2-4-25-13)6-10(17(21)22)7-14(15)27(18,23)24/h2-8H,1H3,(H,19,20)(H,21,22)(H2,18,23,24). The SMILES string of the molecule is Cc1cc(-c2c(NC(=O)c3cccs3)cc(C(=O)O)cc2S(N)(=O)=O)cs1. The van der Waals surface area contributed by atoms with Gasteiger partial charge in [0.2, 0.25) is 10.0 Å². The monoisotopic (exact) mass is 422 g/mol. The van der Waals surface area contributed by atoms with E-state index in [1.807, 2.05) is 6.92 Å².